The Morgan fingerprint density at radius 3 is 2.81 bits per heavy atom. The lowest BCUT2D eigenvalue weighted by atomic mass is 10.1. The summed E-state index contributed by atoms with van der Waals surface area (Å²) in [6, 6.07) is 8.77. The van der Waals surface area contributed by atoms with Crippen molar-refractivity contribution < 1.29 is 9.90 Å². The molecule has 1 aromatic heterocycles. The van der Waals surface area contributed by atoms with E-state index >= 15 is 0 Å². The lowest BCUT2D eigenvalue weighted by molar-refractivity contribution is -0.137. The van der Waals surface area contributed by atoms with Crippen LogP contribution in [-0.2, 0) is 4.79 Å². The molecule has 2 N–H and O–H groups in total. The number of hydrogen-bond acceptors (Lipinski definition) is 7. The molecule has 0 bridgehead atoms. The minimum Gasteiger partial charge on any atom is -0.480 e. The predicted octanol–water partition coefficient (Wildman–Crippen LogP) is 3.40. The van der Waals surface area contributed by atoms with Crippen LogP contribution in [0.25, 0.3) is 11.3 Å². The van der Waals surface area contributed by atoms with Crippen LogP contribution >= 0.6 is 23.3 Å². The summed E-state index contributed by atoms with van der Waals surface area (Å²) in [5.74, 6) is -0.988. The summed E-state index contributed by atoms with van der Waals surface area (Å²) in [5.41, 5.74) is 1.81. The molecule has 0 fully saturated rings. The summed E-state index contributed by atoms with van der Waals surface area (Å²) >= 11 is 2.06. The molecule has 2 rings (SSSR count). The van der Waals surface area contributed by atoms with Gasteiger partial charge in [0.1, 0.15) is 6.04 Å². The molecule has 0 spiro atoms. The number of anilines is 1. The van der Waals surface area contributed by atoms with Gasteiger partial charge < -0.3 is 10.4 Å². The van der Waals surface area contributed by atoms with Crippen LogP contribution in [0.15, 0.2) is 34.9 Å². The highest BCUT2D eigenvalue weighted by molar-refractivity contribution is 7.97. The maximum Gasteiger partial charge on any atom is 0.327 e. The van der Waals surface area contributed by atoms with Gasteiger partial charge in [0.25, 0.3) is 0 Å². The first-order valence-electron chi connectivity index (χ1n) is 6.08. The van der Waals surface area contributed by atoms with E-state index in [1.807, 2.05) is 37.3 Å². The number of carbonyl (C=O) groups is 1. The lowest BCUT2D eigenvalue weighted by Gasteiger charge is -2.10. The fourth-order valence-corrected chi connectivity index (χ4v) is 3.07. The molecule has 1 atom stereocenters. The molecule has 0 aliphatic rings. The van der Waals surface area contributed by atoms with Crippen molar-refractivity contribution >= 4 is 34.4 Å². The van der Waals surface area contributed by atoms with E-state index < -0.39 is 12.0 Å². The van der Waals surface area contributed by atoms with E-state index in [2.05, 4.69) is 14.9 Å². The Bertz CT molecular complexity index is 631. The van der Waals surface area contributed by atoms with Crippen molar-refractivity contribution in [2.75, 3.05) is 11.1 Å². The fourth-order valence-electron chi connectivity index (χ4n) is 1.75. The number of carboxylic acid groups (broad SMARTS) is 1. The lowest BCUT2D eigenvalue weighted by Crippen LogP contribution is -2.31. The van der Waals surface area contributed by atoms with Gasteiger partial charge in [0.15, 0.2) is 5.13 Å². The standard InChI is InChI=1S/C13H13N3O3S2/c1-8-11(9-5-3-2-4-6-9)15-13(21-8)14-10(12(17)18)7-20-16-19/h2-6,10H,7H2,1H3,(H,14,15)(H,17,18). The van der Waals surface area contributed by atoms with Gasteiger partial charge in [-0.25, -0.2) is 9.78 Å². The second kappa shape index (κ2) is 7.19. The first-order valence-corrected chi connectivity index (χ1v) is 7.84. The summed E-state index contributed by atoms with van der Waals surface area (Å²) < 4.78 is 2.62. The molecule has 0 aliphatic carbocycles. The monoisotopic (exact) mass is 323 g/mol. The molecule has 110 valence electrons. The molecule has 1 aromatic carbocycles. The van der Waals surface area contributed by atoms with Crippen LogP contribution in [0, 0.1) is 11.8 Å². The average molecular weight is 323 g/mol. The first kappa shape index (κ1) is 15.5. The van der Waals surface area contributed by atoms with Crippen LogP contribution in [0.2, 0.25) is 0 Å². The Morgan fingerprint density at radius 1 is 1.48 bits per heavy atom. The van der Waals surface area contributed by atoms with Crippen LogP contribution < -0.4 is 5.32 Å². The van der Waals surface area contributed by atoms with Gasteiger partial charge in [-0.1, -0.05) is 30.3 Å². The molecule has 21 heavy (non-hydrogen) atoms. The highest BCUT2D eigenvalue weighted by Crippen LogP contribution is 2.30. The molecule has 0 amide bonds. The zero-order valence-corrected chi connectivity index (χ0v) is 12.8. The molecular weight excluding hydrogens is 310 g/mol. The van der Waals surface area contributed by atoms with Crippen molar-refractivity contribution in [1.82, 2.24) is 4.98 Å². The number of nitroso groups, excluding NO2 is 1. The number of aliphatic carboxylic acids is 1. The van der Waals surface area contributed by atoms with E-state index in [9.17, 15) is 9.70 Å². The van der Waals surface area contributed by atoms with Gasteiger partial charge in [0.05, 0.1) is 5.69 Å². The molecule has 1 heterocycles. The Labute approximate surface area is 129 Å². The van der Waals surface area contributed by atoms with Gasteiger partial charge in [-0.2, -0.15) is 0 Å². The summed E-state index contributed by atoms with van der Waals surface area (Å²) in [7, 11) is 0. The number of hydrogen-bond donors (Lipinski definition) is 2. The van der Waals surface area contributed by atoms with E-state index in [-0.39, 0.29) is 5.75 Å². The largest absolute Gasteiger partial charge is 0.480 e. The number of thiazole rings is 1. The molecule has 0 saturated heterocycles. The highest BCUT2D eigenvalue weighted by Gasteiger charge is 2.20. The van der Waals surface area contributed by atoms with Crippen molar-refractivity contribution in [2.24, 2.45) is 4.58 Å². The van der Waals surface area contributed by atoms with E-state index in [4.69, 9.17) is 5.11 Å². The van der Waals surface area contributed by atoms with Gasteiger partial charge in [-0.3, -0.25) is 0 Å². The van der Waals surface area contributed by atoms with E-state index in [1.54, 1.807) is 0 Å². The summed E-state index contributed by atoms with van der Waals surface area (Å²) in [6.07, 6.45) is 0. The summed E-state index contributed by atoms with van der Waals surface area (Å²) in [4.78, 5) is 26.7. The Hall–Kier alpha value is -1.93. The number of carboxylic acids is 1. The summed E-state index contributed by atoms with van der Waals surface area (Å²) in [6.45, 7) is 1.93. The predicted molar refractivity (Wildman–Crippen MR) is 85.6 cm³/mol. The van der Waals surface area contributed by atoms with Gasteiger partial charge in [0, 0.05) is 32.7 Å². The molecule has 0 aliphatic heterocycles. The van der Waals surface area contributed by atoms with E-state index in [0.717, 1.165) is 16.1 Å². The SMILES string of the molecule is Cc1sc(NC(CSN=O)C(=O)O)nc1-c1ccccc1. The molecule has 2 aromatic rings. The number of nitrogens with zero attached hydrogens (tertiary/aromatic N) is 2. The molecule has 0 saturated carbocycles. The van der Waals surface area contributed by atoms with Gasteiger partial charge in [-0.15, -0.1) is 16.2 Å². The summed E-state index contributed by atoms with van der Waals surface area (Å²) in [5, 5.41) is 12.5. The van der Waals surface area contributed by atoms with Crippen molar-refractivity contribution in [3.63, 3.8) is 0 Å². The topological polar surface area (TPSA) is 91.7 Å². The third kappa shape index (κ3) is 4.02. The van der Waals surface area contributed by atoms with E-state index in [0.29, 0.717) is 17.1 Å². The number of rotatable bonds is 7. The molecule has 6 nitrogen and oxygen atoms in total. The Kier molecular flexibility index (Phi) is 5.29. The van der Waals surface area contributed by atoms with Crippen molar-refractivity contribution in [3.05, 3.63) is 40.1 Å². The Balaban J connectivity index is 2.18. The molecule has 1 unspecified atom stereocenters. The minimum absolute atomic E-state index is 0.0537. The van der Waals surface area contributed by atoms with Gasteiger partial charge in [-0.05, 0) is 6.92 Å². The fraction of sp³-hybridized carbons (Fsp3) is 0.231. The normalized spacial score (nSPS) is 11.9. The smallest absolute Gasteiger partial charge is 0.327 e. The maximum atomic E-state index is 11.1. The average Bonchev–Trinajstić information content (AvgIpc) is 2.85. The zero-order valence-electron chi connectivity index (χ0n) is 11.1. The molecule has 8 heteroatoms. The number of aryl methyl sites for hydroxylation is 1. The van der Waals surface area contributed by atoms with Crippen LogP contribution in [0.1, 0.15) is 4.88 Å². The van der Waals surface area contributed by atoms with Crippen molar-refractivity contribution in [3.8, 4) is 11.3 Å². The van der Waals surface area contributed by atoms with Crippen LogP contribution in [-0.4, -0.2) is 27.9 Å². The van der Waals surface area contributed by atoms with E-state index in [1.165, 1.54) is 11.3 Å². The number of aromatic nitrogens is 1. The van der Waals surface area contributed by atoms with Gasteiger partial charge in [0.2, 0.25) is 0 Å². The van der Waals surface area contributed by atoms with Crippen LogP contribution in [0.4, 0.5) is 5.13 Å². The zero-order chi connectivity index (χ0) is 15.2. The molecule has 0 radical (unpaired) electrons. The third-order valence-corrected chi connectivity index (χ3v) is 4.22. The third-order valence-electron chi connectivity index (χ3n) is 2.73. The maximum absolute atomic E-state index is 11.1. The van der Waals surface area contributed by atoms with Crippen molar-refractivity contribution in [2.45, 2.75) is 13.0 Å². The number of nitrogens with one attached hydrogen (secondary N) is 1. The minimum atomic E-state index is -1.04. The van der Waals surface area contributed by atoms with Gasteiger partial charge >= 0.3 is 5.97 Å². The second-order valence-corrected chi connectivity index (χ2v) is 6.14. The molecular formula is C13H13N3O3S2. The van der Waals surface area contributed by atoms with Crippen LogP contribution in [0.5, 0.6) is 0 Å². The van der Waals surface area contributed by atoms with Crippen LogP contribution in [0.3, 0.4) is 0 Å². The number of benzene rings is 1. The highest BCUT2D eigenvalue weighted by atomic mass is 32.2. The Morgan fingerprint density at radius 2 is 2.19 bits per heavy atom. The first-order chi connectivity index (χ1) is 10.1. The quantitative estimate of drug-likeness (QED) is 0.599. The van der Waals surface area contributed by atoms with Crippen molar-refractivity contribution in [1.29, 1.82) is 0 Å². The second-order valence-electron chi connectivity index (χ2n) is 4.20.